The minimum Gasteiger partial charge on any atom is -0.480 e. The molecule has 3 fully saturated rings. The molecule has 2 aliphatic carbocycles. The van der Waals surface area contributed by atoms with Crippen molar-refractivity contribution in [3.05, 3.63) is 0 Å². The Balaban J connectivity index is 1.76. The van der Waals surface area contributed by atoms with Crippen LogP contribution in [0.4, 0.5) is 0 Å². The van der Waals surface area contributed by atoms with Gasteiger partial charge in [0.1, 0.15) is 12.1 Å². The number of hydrogen-bond acceptors (Lipinski definition) is 6. The molecule has 8 nitrogen and oxygen atoms in total. The summed E-state index contributed by atoms with van der Waals surface area (Å²) < 4.78 is 5.38. The van der Waals surface area contributed by atoms with Gasteiger partial charge in [-0.15, -0.1) is 0 Å². The minimum absolute atomic E-state index is 0.0144. The minimum atomic E-state index is -0.923. The number of carbonyl (C=O) groups is 3. The third-order valence-electron chi connectivity index (χ3n) is 8.43. The number of fused-ring (bicyclic) bond motifs is 1. The summed E-state index contributed by atoms with van der Waals surface area (Å²) in [5.41, 5.74) is 5.71. The highest BCUT2D eigenvalue weighted by molar-refractivity contribution is 5.88. The van der Waals surface area contributed by atoms with Crippen molar-refractivity contribution in [2.24, 2.45) is 17.6 Å². The first-order valence-electron chi connectivity index (χ1n) is 14.1. The van der Waals surface area contributed by atoms with Crippen molar-refractivity contribution < 1.29 is 24.2 Å². The fourth-order valence-corrected chi connectivity index (χ4v) is 6.58. The Kier molecular flexibility index (Phi) is 11.3. The maximum Gasteiger partial charge on any atom is 0.326 e. The number of amides is 1. The summed E-state index contributed by atoms with van der Waals surface area (Å²) >= 11 is 0. The molecular formula is C27H47N3O5. The van der Waals surface area contributed by atoms with Crippen LogP contribution in [0.2, 0.25) is 0 Å². The molecule has 0 spiro atoms. The number of nitrogens with one attached hydrogen (secondary N) is 1. The number of likely N-dealkylation sites (tertiary alicyclic amines) is 1. The zero-order chi connectivity index (χ0) is 25.2. The Morgan fingerprint density at radius 3 is 2.40 bits per heavy atom. The predicted octanol–water partition coefficient (Wildman–Crippen LogP) is 3.61. The van der Waals surface area contributed by atoms with Crippen molar-refractivity contribution in [2.45, 2.75) is 127 Å². The quantitative estimate of drug-likeness (QED) is 0.265. The van der Waals surface area contributed by atoms with Crippen LogP contribution in [0.3, 0.4) is 0 Å². The summed E-state index contributed by atoms with van der Waals surface area (Å²) in [6.45, 7) is 2.63. The average molecular weight is 494 g/mol. The molecule has 4 N–H and O–H groups in total. The molecule has 0 aromatic carbocycles. The van der Waals surface area contributed by atoms with Gasteiger partial charge in [-0.2, -0.15) is 0 Å². The van der Waals surface area contributed by atoms with Crippen molar-refractivity contribution in [3.63, 3.8) is 0 Å². The first-order valence-corrected chi connectivity index (χ1v) is 14.1. The molecule has 0 aromatic rings. The molecule has 0 radical (unpaired) electrons. The molecule has 5 atom stereocenters. The van der Waals surface area contributed by atoms with Crippen LogP contribution >= 0.6 is 0 Å². The van der Waals surface area contributed by atoms with Gasteiger partial charge in [0.15, 0.2) is 0 Å². The number of carbonyl (C=O) groups excluding carboxylic acids is 2. The lowest BCUT2D eigenvalue weighted by atomic mass is 9.84. The maximum absolute atomic E-state index is 13.9. The molecule has 200 valence electrons. The van der Waals surface area contributed by atoms with E-state index in [1.165, 1.54) is 32.1 Å². The highest BCUT2D eigenvalue weighted by Crippen LogP contribution is 2.40. The number of unbranched alkanes of at least 4 members (excludes halogenated alkanes) is 1. The van der Waals surface area contributed by atoms with Crippen molar-refractivity contribution in [1.29, 1.82) is 0 Å². The molecule has 8 heteroatoms. The van der Waals surface area contributed by atoms with Gasteiger partial charge in [-0.3, -0.25) is 14.9 Å². The molecule has 1 amide bonds. The van der Waals surface area contributed by atoms with Gasteiger partial charge in [0.05, 0.1) is 12.6 Å². The molecule has 2 saturated carbocycles. The highest BCUT2D eigenvalue weighted by atomic mass is 16.5. The molecule has 3 aliphatic rings. The molecule has 0 bridgehead atoms. The third-order valence-corrected chi connectivity index (χ3v) is 8.43. The number of nitrogens with two attached hydrogens (primary N) is 1. The van der Waals surface area contributed by atoms with Crippen molar-refractivity contribution in [2.75, 3.05) is 13.2 Å². The van der Waals surface area contributed by atoms with Gasteiger partial charge in [-0.25, -0.2) is 4.79 Å². The number of ether oxygens (including phenoxy) is 1. The molecule has 0 aromatic heterocycles. The van der Waals surface area contributed by atoms with E-state index in [-0.39, 0.29) is 23.8 Å². The van der Waals surface area contributed by atoms with Gasteiger partial charge in [-0.1, -0.05) is 51.4 Å². The van der Waals surface area contributed by atoms with Crippen LogP contribution in [0.1, 0.15) is 103 Å². The van der Waals surface area contributed by atoms with Gasteiger partial charge >= 0.3 is 11.9 Å². The van der Waals surface area contributed by atoms with Crippen LogP contribution in [0.5, 0.6) is 0 Å². The standard InChI is InChI=1S/C27H47N3O5/c1-2-35-27(34)22(16-15-19-10-4-3-5-11-19)29-21(13-8-9-17-28)25(31)30-23-14-7-6-12-20(23)18-24(30)26(32)33/h19-24,29H,2-18,28H2,1H3,(H,32,33)/t20-,21-,22?,23-,24?/m0/s1. The Bertz CT molecular complexity index is 696. The second-order valence-corrected chi connectivity index (χ2v) is 10.8. The van der Waals surface area contributed by atoms with Crippen molar-refractivity contribution in [3.8, 4) is 0 Å². The summed E-state index contributed by atoms with van der Waals surface area (Å²) in [6, 6.07) is -1.96. The lowest BCUT2D eigenvalue weighted by Gasteiger charge is -2.36. The number of carboxylic acid groups (broad SMARTS) is 1. The van der Waals surface area contributed by atoms with Gasteiger partial charge in [-0.05, 0) is 70.3 Å². The molecule has 1 saturated heterocycles. The lowest BCUT2D eigenvalue weighted by Crippen LogP contribution is -2.56. The van der Waals surface area contributed by atoms with E-state index < -0.39 is 24.1 Å². The van der Waals surface area contributed by atoms with Crippen molar-refractivity contribution in [1.82, 2.24) is 10.2 Å². The normalized spacial score (nSPS) is 26.7. The molecule has 1 heterocycles. The number of esters is 1. The Labute approximate surface area is 210 Å². The predicted molar refractivity (Wildman–Crippen MR) is 135 cm³/mol. The van der Waals surface area contributed by atoms with Gasteiger partial charge in [0.2, 0.25) is 5.91 Å². The summed E-state index contributed by atoms with van der Waals surface area (Å²) in [5, 5.41) is 13.3. The number of carboxylic acids is 1. The zero-order valence-electron chi connectivity index (χ0n) is 21.6. The van der Waals surface area contributed by atoms with Crippen LogP contribution in [-0.2, 0) is 19.1 Å². The summed E-state index contributed by atoms with van der Waals surface area (Å²) in [5.74, 6) is -0.535. The average Bonchev–Trinajstić information content (AvgIpc) is 3.26. The van der Waals surface area contributed by atoms with Crippen LogP contribution in [0.15, 0.2) is 0 Å². The van der Waals surface area contributed by atoms with E-state index in [9.17, 15) is 19.5 Å². The highest BCUT2D eigenvalue weighted by Gasteiger charge is 2.49. The Hall–Kier alpha value is -1.67. The van der Waals surface area contributed by atoms with E-state index in [1.54, 1.807) is 11.8 Å². The van der Waals surface area contributed by atoms with Crippen LogP contribution in [-0.4, -0.2) is 65.2 Å². The molecule has 2 unspecified atom stereocenters. The molecule has 35 heavy (non-hydrogen) atoms. The van der Waals surface area contributed by atoms with Crippen molar-refractivity contribution >= 4 is 17.8 Å². The monoisotopic (exact) mass is 493 g/mol. The topological polar surface area (TPSA) is 122 Å². The lowest BCUT2D eigenvalue weighted by molar-refractivity contribution is -0.152. The zero-order valence-corrected chi connectivity index (χ0v) is 21.6. The smallest absolute Gasteiger partial charge is 0.326 e. The van der Waals surface area contributed by atoms with E-state index >= 15 is 0 Å². The molecular weight excluding hydrogens is 446 g/mol. The first kappa shape index (κ1) is 27.9. The van der Waals surface area contributed by atoms with E-state index in [0.717, 1.165) is 44.9 Å². The molecule has 1 aliphatic heterocycles. The first-order chi connectivity index (χ1) is 17.0. The number of nitrogens with zero attached hydrogens (tertiary/aromatic N) is 1. The van der Waals surface area contributed by atoms with E-state index in [1.807, 2.05) is 0 Å². The fraction of sp³-hybridized carbons (Fsp3) is 0.889. The van der Waals surface area contributed by atoms with Crippen LogP contribution in [0, 0.1) is 11.8 Å². The second-order valence-electron chi connectivity index (χ2n) is 10.8. The Morgan fingerprint density at radius 2 is 1.71 bits per heavy atom. The fourth-order valence-electron chi connectivity index (χ4n) is 6.58. The van der Waals surface area contributed by atoms with E-state index in [2.05, 4.69) is 5.32 Å². The Morgan fingerprint density at radius 1 is 1.00 bits per heavy atom. The largest absolute Gasteiger partial charge is 0.480 e. The van der Waals surface area contributed by atoms with Gasteiger partial charge in [0, 0.05) is 6.04 Å². The van der Waals surface area contributed by atoms with E-state index in [0.29, 0.717) is 38.3 Å². The number of hydrogen-bond donors (Lipinski definition) is 3. The SMILES string of the molecule is CCOC(=O)C(CCC1CCCCC1)N[C@@H](CCCCN)C(=O)N1C(C(=O)O)C[C@@H]2CCCC[C@@H]21. The maximum atomic E-state index is 13.9. The van der Waals surface area contributed by atoms with E-state index in [4.69, 9.17) is 10.5 Å². The summed E-state index contributed by atoms with van der Waals surface area (Å²) in [6.07, 6.45) is 14.3. The third kappa shape index (κ3) is 7.66. The molecule has 3 rings (SSSR count). The van der Waals surface area contributed by atoms with Crippen LogP contribution < -0.4 is 11.1 Å². The van der Waals surface area contributed by atoms with Crippen LogP contribution in [0.25, 0.3) is 0 Å². The van der Waals surface area contributed by atoms with Gasteiger partial charge < -0.3 is 20.5 Å². The van der Waals surface area contributed by atoms with Gasteiger partial charge in [0.25, 0.3) is 0 Å². The summed E-state index contributed by atoms with van der Waals surface area (Å²) in [4.78, 5) is 40.6. The number of rotatable bonds is 13. The second kappa shape index (κ2) is 14.2. The summed E-state index contributed by atoms with van der Waals surface area (Å²) in [7, 11) is 0. The number of aliphatic carboxylic acids is 1.